The number of rotatable bonds is 2. The Bertz CT molecular complexity index is 1290. The Balaban J connectivity index is 1.58. The average Bonchev–Trinajstić information content (AvgIpc) is 2.88. The molecule has 2 amide bonds. The molecule has 0 radical (unpaired) electrons. The van der Waals surface area contributed by atoms with E-state index in [4.69, 9.17) is 14.2 Å². The fourth-order valence-corrected chi connectivity index (χ4v) is 4.73. The summed E-state index contributed by atoms with van der Waals surface area (Å²) in [6, 6.07) is 17.9. The zero-order valence-electron chi connectivity index (χ0n) is 20.0. The van der Waals surface area contributed by atoms with E-state index >= 15 is 0 Å². The highest BCUT2D eigenvalue weighted by molar-refractivity contribution is 5.97. The summed E-state index contributed by atoms with van der Waals surface area (Å²) in [4.78, 5) is 27.5. The van der Waals surface area contributed by atoms with Crippen molar-refractivity contribution in [2.24, 2.45) is 0 Å². The minimum absolute atomic E-state index is 0.0120. The van der Waals surface area contributed by atoms with Gasteiger partial charge in [0.05, 0.1) is 18.2 Å². The van der Waals surface area contributed by atoms with Crippen molar-refractivity contribution in [2.75, 3.05) is 33.4 Å². The predicted octanol–water partition coefficient (Wildman–Crippen LogP) is 3.82. The minimum Gasteiger partial charge on any atom is -0.507 e. The van der Waals surface area contributed by atoms with E-state index in [0.29, 0.717) is 49.8 Å². The highest BCUT2D eigenvalue weighted by Gasteiger charge is 2.32. The van der Waals surface area contributed by atoms with Gasteiger partial charge in [0.25, 0.3) is 5.91 Å². The number of hydrogen-bond donors (Lipinski definition) is 2. The van der Waals surface area contributed by atoms with Gasteiger partial charge in [0, 0.05) is 20.2 Å². The van der Waals surface area contributed by atoms with Gasteiger partial charge in [-0.15, -0.1) is 0 Å². The highest BCUT2D eigenvalue weighted by atomic mass is 16.5. The third-order valence-corrected chi connectivity index (χ3v) is 6.43. The number of amides is 2. The van der Waals surface area contributed by atoms with E-state index in [0.717, 1.165) is 16.7 Å². The Kier molecular flexibility index (Phi) is 6.77. The molecule has 0 saturated heterocycles. The molecule has 2 N–H and O–H groups in total. The average molecular weight is 489 g/mol. The van der Waals surface area contributed by atoms with Crippen LogP contribution in [0.1, 0.15) is 39.5 Å². The number of phenols is 1. The first-order valence-corrected chi connectivity index (χ1v) is 12.0. The van der Waals surface area contributed by atoms with Gasteiger partial charge < -0.3 is 29.5 Å². The molecule has 186 valence electrons. The van der Waals surface area contributed by atoms with E-state index in [2.05, 4.69) is 5.32 Å². The first-order valence-electron chi connectivity index (χ1n) is 12.0. The third-order valence-electron chi connectivity index (χ3n) is 6.43. The van der Waals surface area contributed by atoms with E-state index in [-0.39, 0.29) is 35.8 Å². The first kappa shape index (κ1) is 23.7. The molecule has 8 bridgehead atoms. The molecule has 1 unspecified atom stereocenters. The van der Waals surface area contributed by atoms with Crippen LogP contribution in [0.4, 0.5) is 0 Å². The molecule has 8 nitrogen and oxygen atoms in total. The maximum Gasteiger partial charge on any atom is 0.255 e. The molecule has 8 heteroatoms. The number of nitrogens with one attached hydrogen (secondary N) is 1. The molecular weight excluding hydrogens is 460 g/mol. The number of fused-ring (bicyclic) bond motifs is 6. The Morgan fingerprint density at radius 2 is 1.94 bits per heavy atom. The van der Waals surface area contributed by atoms with E-state index in [1.54, 1.807) is 6.07 Å². The Morgan fingerprint density at radius 1 is 1.11 bits per heavy atom. The van der Waals surface area contributed by atoms with E-state index < -0.39 is 0 Å². The van der Waals surface area contributed by atoms with Gasteiger partial charge in [-0.3, -0.25) is 9.59 Å². The van der Waals surface area contributed by atoms with Crippen LogP contribution in [0.2, 0.25) is 0 Å². The minimum atomic E-state index is -0.379. The summed E-state index contributed by atoms with van der Waals surface area (Å²) in [7, 11) is 1.52. The Hall–Kier alpha value is -4.04. The van der Waals surface area contributed by atoms with Crippen LogP contribution in [-0.4, -0.2) is 55.2 Å². The van der Waals surface area contributed by atoms with Crippen LogP contribution in [-0.2, 0) is 16.0 Å². The molecule has 0 aromatic heterocycles. The van der Waals surface area contributed by atoms with Crippen molar-refractivity contribution < 1.29 is 28.9 Å². The third kappa shape index (κ3) is 4.85. The van der Waals surface area contributed by atoms with Gasteiger partial charge in [-0.05, 0) is 72.0 Å². The number of carbonyl (C=O) groups is 2. The molecule has 3 aliphatic rings. The summed E-state index contributed by atoms with van der Waals surface area (Å²) in [5.41, 5.74) is 3.18. The lowest BCUT2D eigenvalue weighted by molar-refractivity contribution is -0.137. The Labute approximate surface area is 209 Å². The summed E-state index contributed by atoms with van der Waals surface area (Å²) in [6.07, 6.45) is 1.25. The van der Waals surface area contributed by atoms with Crippen LogP contribution in [0.5, 0.6) is 23.0 Å². The van der Waals surface area contributed by atoms with Crippen molar-refractivity contribution in [3.05, 3.63) is 82.9 Å². The van der Waals surface area contributed by atoms with Crippen LogP contribution in [0.15, 0.2) is 60.7 Å². The fourth-order valence-electron chi connectivity index (χ4n) is 4.73. The topological polar surface area (TPSA) is 97.3 Å². The standard InChI is InChI=1S/C28H28N2O6/c1-34-17-26(32)30-12-10-18-14-21-6-8-23(18)27(30)19-4-2-5-20(15-19)35-13-3-11-29-28(33)24-16-22(36-21)7-9-25(24)31/h2,4-9,14-16,27,31H,3,10-13,17H2,1H3,(H,29,33). The number of hydrogen-bond acceptors (Lipinski definition) is 6. The second-order valence-electron chi connectivity index (χ2n) is 8.84. The molecule has 1 atom stereocenters. The lowest BCUT2D eigenvalue weighted by atomic mass is 9.87. The number of nitrogens with zero attached hydrogens (tertiary/aromatic N) is 1. The second-order valence-corrected chi connectivity index (χ2v) is 8.84. The van der Waals surface area contributed by atoms with Gasteiger partial charge in [0.15, 0.2) is 0 Å². The van der Waals surface area contributed by atoms with E-state index in [9.17, 15) is 14.7 Å². The number of phenolic OH excluding ortho intramolecular Hbond substituents is 1. The molecule has 0 fully saturated rings. The fraction of sp³-hybridized carbons (Fsp3) is 0.286. The zero-order chi connectivity index (χ0) is 25.1. The lowest BCUT2D eigenvalue weighted by Crippen LogP contribution is -2.42. The molecule has 0 saturated carbocycles. The summed E-state index contributed by atoms with van der Waals surface area (Å²) in [5, 5.41) is 13.0. The van der Waals surface area contributed by atoms with Crippen LogP contribution >= 0.6 is 0 Å². The monoisotopic (exact) mass is 488 g/mol. The molecule has 3 aromatic rings. The van der Waals surface area contributed by atoms with Crippen molar-refractivity contribution in [3.63, 3.8) is 0 Å². The van der Waals surface area contributed by atoms with Gasteiger partial charge in [-0.1, -0.05) is 18.2 Å². The maximum atomic E-state index is 13.0. The smallest absolute Gasteiger partial charge is 0.255 e. The predicted molar refractivity (Wildman–Crippen MR) is 133 cm³/mol. The summed E-state index contributed by atoms with van der Waals surface area (Å²) in [5.74, 6) is 1.18. The Morgan fingerprint density at radius 3 is 2.81 bits per heavy atom. The van der Waals surface area contributed by atoms with Crippen molar-refractivity contribution in [1.82, 2.24) is 10.2 Å². The van der Waals surface area contributed by atoms with Crippen LogP contribution in [0.3, 0.4) is 0 Å². The van der Waals surface area contributed by atoms with Gasteiger partial charge in [0.2, 0.25) is 5.91 Å². The summed E-state index contributed by atoms with van der Waals surface area (Å²) in [6.45, 7) is 1.33. The maximum absolute atomic E-state index is 13.0. The quantitative estimate of drug-likeness (QED) is 0.569. The molecule has 3 heterocycles. The number of aromatic hydroxyl groups is 1. The number of carbonyl (C=O) groups excluding carboxylic acids is 2. The summed E-state index contributed by atoms with van der Waals surface area (Å²) >= 11 is 0. The molecule has 0 spiro atoms. The SMILES string of the molecule is COCC(=O)N1CCc2cc3ccc2C1c1cccc(c1)OCCCNC(=O)c1cc(ccc1O)O3. The van der Waals surface area contributed by atoms with E-state index in [1.165, 1.54) is 19.2 Å². The lowest BCUT2D eigenvalue weighted by Gasteiger charge is -2.38. The molecule has 36 heavy (non-hydrogen) atoms. The van der Waals surface area contributed by atoms with Crippen LogP contribution in [0.25, 0.3) is 0 Å². The number of ether oxygens (including phenoxy) is 3. The van der Waals surface area contributed by atoms with Crippen LogP contribution < -0.4 is 14.8 Å². The molecule has 0 aliphatic carbocycles. The molecular formula is C28H28N2O6. The number of benzene rings is 3. The van der Waals surface area contributed by atoms with Crippen molar-refractivity contribution in [2.45, 2.75) is 18.9 Å². The molecule has 3 aliphatic heterocycles. The van der Waals surface area contributed by atoms with Gasteiger partial charge in [0.1, 0.15) is 29.6 Å². The molecule has 6 rings (SSSR count). The normalized spacial score (nSPS) is 17.3. The van der Waals surface area contributed by atoms with Crippen LogP contribution in [0, 0.1) is 0 Å². The van der Waals surface area contributed by atoms with Gasteiger partial charge in [-0.2, -0.15) is 0 Å². The van der Waals surface area contributed by atoms with E-state index in [1.807, 2.05) is 47.4 Å². The summed E-state index contributed by atoms with van der Waals surface area (Å²) < 4.78 is 17.2. The van der Waals surface area contributed by atoms with Crippen molar-refractivity contribution in [1.29, 1.82) is 0 Å². The highest BCUT2D eigenvalue weighted by Crippen LogP contribution is 2.39. The van der Waals surface area contributed by atoms with Gasteiger partial charge >= 0.3 is 0 Å². The first-order chi connectivity index (χ1) is 17.5. The molecule has 3 aromatic carbocycles. The largest absolute Gasteiger partial charge is 0.507 e. The van der Waals surface area contributed by atoms with Crippen molar-refractivity contribution in [3.8, 4) is 23.0 Å². The number of methoxy groups -OCH3 is 1. The second kappa shape index (κ2) is 10.3. The van der Waals surface area contributed by atoms with Gasteiger partial charge in [-0.25, -0.2) is 0 Å². The zero-order valence-corrected chi connectivity index (χ0v) is 20.0. The van der Waals surface area contributed by atoms with Crippen molar-refractivity contribution >= 4 is 11.8 Å².